The van der Waals surface area contributed by atoms with Crippen LogP contribution in [0.25, 0.3) is 0 Å². The number of fused-ring (bicyclic) bond motifs is 1. The Hall–Kier alpha value is -3.08. The zero-order chi connectivity index (χ0) is 27.5. The molecular formula is C28H28BrF4N5O. The van der Waals surface area contributed by atoms with Crippen LogP contribution in [0.2, 0.25) is 0 Å². The Kier molecular flexibility index (Phi) is 6.60. The first-order valence-electron chi connectivity index (χ1n) is 13.2. The molecule has 2 aliphatic heterocycles. The van der Waals surface area contributed by atoms with Gasteiger partial charge >= 0.3 is 12.2 Å². The Morgan fingerprint density at radius 3 is 2.38 bits per heavy atom. The summed E-state index contributed by atoms with van der Waals surface area (Å²) in [6.07, 6.45) is 0.616. The predicted molar refractivity (Wildman–Crippen MR) is 143 cm³/mol. The van der Waals surface area contributed by atoms with Gasteiger partial charge in [-0.15, -0.1) is 0 Å². The highest BCUT2D eigenvalue weighted by molar-refractivity contribution is 9.10. The number of benzene rings is 2. The van der Waals surface area contributed by atoms with Crippen LogP contribution in [0.5, 0.6) is 0 Å². The summed E-state index contributed by atoms with van der Waals surface area (Å²) in [5.41, 5.74) is 0.617. The van der Waals surface area contributed by atoms with Gasteiger partial charge < -0.3 is 9.80 Å². The van der Waals surface area contributed by atoms with Crippen molar-refractivity contribution in [2.45, 2.75) is 63.5 Å². The predicted octanol–water partition coefficient (Wildman–Crippen LogP) is 7.31. The molecule has 0 spiro atoms. The maximum Gasteiger partial charge on any atom is 0.416 e. The van der Waals surface area contributed by atoms with E-state index in [2.05, 4.69) is 15.9 Å². The average Bonchev–Trinajstić information content (AvgIpc) is 3.65. The van der Waals surface area contributed by atoms with Gasteiger partial charge in [-0.3, -0.25) is 9.58 Å². The van der Waals surface area contributed by atoms with Crippen molar-refractivity contribution in [2.75, 3.05) is 22.9 Å². The smallest absolute Gasteiger partial charge is 0.368 e. The van der Waals surface area contributed by atoms with E-state index in [1.807, 2.05) is 22.7 Å². The molecule has 2 aromatic carbocycles. The van der Waals surface area contributed by atoms with Gasteiger partial charge in [0.25, 0.3) is 0 Å². The van der Waals surface area contributed by atoms with E-state index in [0.717, 1.165) is 24.5 Å². The molecule has 1 aliphatic carbocycles. The molecule has 39 heavy (non-hydrogen) atoms. The van der Waals surface area contributed by atoms with E-state index < -0.39 is 11.7 Å². The van der Waals surface area contributed by atoms with Gasteiger partial charge in [0, 0.05) is 35.4 Å². The van der Waals surface area contributed by atoms with E-state index >= 15 is 0 Å². The first kappa shape index (κ1) is 26.2. The molecule has 0 bridgehead atoms. The summed E-state index contributed by atoms with van der Waals surface area (Å²) >= 11 is 3.45. The van der Waals surface area contributed by atoms with Crippen LogP contribution in [0, 0.1) is 5.82 Å². The summed E-state index contributed by atoms with van der Waals surface area (Å²) in [7, 11) is 0. The molecule has 6 nitrogen and oxygen atoms in total. The number of carbonyl (C=O) groups excluding carboxylic acids is 1. The van der Waals surface area contributed by atoms with Gasteiger partial charge in [-0.05, 0) is 72.3 Å². The number of piperidine rings is 1. The third-order valence-corrected chi connectivity index (χ3v) is 8.64. The van der Waals surface area contributed by atoms with E-state index in [1.54, 1.807) is 23.1 Å². The lowest BCUT2D eigenvalue weighted by Gasteiger charge is -2.46. The quantitative estimate of drug-likeness (QED) is 0.286. The fraction of sp³-hybridized carbons (Fsp3) is 0.429. The molecule has 6 rings (SSSR count). The first-order valence-corrected chi connectivity index (χ1v) is 14.0. The molecule has 3 heterocycles. The van der Waals surface area contributed by atoms with E-state index in [0.29, 0.717) is 41.9 Å². The normalized spacial score (nSPS) is 20.5. The monoisotopic (exact) mass is 605 g/mol. The van der Waals surface area contributed by atoms with Gasteiger partial charge in [-0.25, -0.2) is 9.18 Å². The molecule has 1 saturated heterocycles. The number of rotatable bonds is 5. The average molecular weight is 606 g/mol. The van der Waals surface area contributed by atoms with Crippen molar-refractivity contribution in [3.63, 3.8) is 0 Å². The summed E-state index contributed by atoms with van der Waals surface area (Å²) < 4.78 is 58.6. The van der Waals surface area contributed by atoms with Crippen molar-refractivity contribution in [3.8, 4) is 0 Å². The second-order valence-corrected chi connectivity index (χ2v) is 11.4. The highest BCUT2D eigenvalue weighted by atomic mass is 79.9. The number of para-hydroxylation sites is 1. The van der Waals surface area contributed by atoms with Crippen LogP contribution in [0.15, 0.2) is 53.1 Å². The molecule has 2 amide bonds. The van der Waals surface area contributed by atoms with Crippen LogP contribution in [-0.4, -0.2) is 39.8 Å². The minimum atomic E-state index is -4.54. The molecule has 3 aliphatic rings. The number of carbonyl (C=O) groups is 1. The van der Waals surface area contributed by atoms with Crippen molar-refractivity contribution in [2.24, 2.45) is 0 Å². The van der Waals surface area contributed by atoms with Gasteiger partial charge in [-0.2, -0.15) is 18.3 Å². The second-order valence-electron chi connectivity index (χ2n) is 10.5. The van der Waals surface area contributed by atoms with Crippen molar-refractivity contribution in [3.05, 3.63) is 75.6 Å². The molecule has 0 unspecified atom stereocenters. The fourth-order valence-electron chi connectivity index (χ4n) is 5.85. The molecule has 0 radical (unpaired) electrons. The molecule has 1 aromatic heterocycles. The lowest BCUT2D eigenvalue weighted by molar-refractivity contribution is -0.138. The Labute approximate surface area is 232 Å². The van der Waals surface area contributed by atoms with Gasteiger partial charge in [0.05, 0.1) is 29.9 Å². The number of nitrogens with zero attached hydrogens (tertiary/aromatic N) is 5. The molecule has 206 valence electrons. The van der Waals surface area contributed by atoms with Gasteiger partial charge in [0.1, 0.15) is 5.82 Å². The number of halogens is 5. The van der Waals surface area contributed by atoms with Crippen molar-refractivity contribution >= 4 is 33.5 Å². The highest BCUT2D eigenvalue weighted by Crippen LogP contribution is 2.44. The highest BCUT2D eigenvalue weighted by Gasteiger charge is 2.44. The van der Waals surface area contributed by atoms with E-state index in [9.17, 15) is 22.4 Å². The first-order chi connectivity index (χ1) is 18.6. The number of alkyl halides is 3. The third-order valence-electron chi connectivity index (χ3n) is 8.00. The van der Waals surface area contributed by atoms with E-state index in [1.165, 1.54) is 23.1 Å². The standard InChI is InChI=1S/C28H28BrF4N5O/c1-17-21-16-37(19-9-10-19)34-26(21)36(15-18-5-2-3-6-22(18)28(31,32)33)27(39)38(17)20-11-13-35(14-12-20)25-23(29)7-4-8-24(25)30/h2-8,16-17,19-20H,9-15H2,1H3/t17-/m1/s1. The van der Waals surface area contributed by atoms with E-state index in [-0.39, 0.29) is 42.1 Å². The number of aromatic nitrogens is 2. The lowest BCUT2D eigenvalue weighted by Crippen LogP contribution is -2.55. The number of amides is 2. The van der Waals surface area contributed by atoms with Gasteiger partial charge in [-0.1, -0.05) is 24.3 Å². The Bertz CT molecular complexity index is 1380. The fourth-order valence-corrected chi connectivity index (χ4v) is 6.44. The minimum absolute atomic E-state index is 0.0268. The molecular weight excluding hydrogens is 578 g/mol. The molecule has 1 atom stereocenters. The topological polar surface area (TPSA) is 44.6 Å². The lowest BCUT2D eigenvalue weighted by atomic mass is 9.97. The van der Waals surface area contributed by atoms with Crippen LogP contribution in [0.1, 0.15) is 61.4 Å². The van der Waals surface area contributed by atoms with Crippen LogP contribution < -0.4 is 9.80 Å². The Morgan fingerprint density at radius 1 is 1.00 bits per heavy atom. The molecule has 2 fully saturated rings. The van der Waals surface area contributed by atoms with Gasteiger partial charge in [0.15, 0.2) is 5.82 Å². The van der Waals surface area contributed by atoms with Crippen LogP contribution in [-0.2, 0) is 12.7 Å². The Balaban J connectivity index is 1.31. The largest absolute Gasteiger partial charge is 0.416 e. The third kappa shape index (κ3) is 4.79. The van der Waals surface area contributed by atoms with E-state index in [4.69, 9.17) is 5.10 Å². The molecule has 3 aromatic rings. The SMILES string of the molecule is C[C@@H]1c2cn(C3CC3)nc2N(Cc2ccccc2C(F)(F)F)C(=O)N1C1CCN(c2c(F)cccc2Br)CC1. The summed E-state index contributed by atoms with van der Waals surface area (Å²) in [5, 5.41) is 4.69. The molecule has 0 N–H and O–H groups in total. The zero-order valence-electron chi connectivity index (χ0n) is 21.3. The number of hydrogen-bond donors (Lipinski definition) is 0. The summed E-state index contributed by atoms with van der Waals surface area (Å²) in [6.45, 7) is 2.82. The maximum absolute atomic E-state index is 14.6. The summed E-state index contributed by atoms with van der Waals surface area (Å²) in [4.78, 5) is 19.2. The molecule has 1 saturated carbocycles. The van der Waals surface area contributed by atoms with Crippen molar-refractivity contribution < 1.29 is 22.4 Å². The maximum atomic E-state index is 14.6. The van der Waals surface area contributed by atoms with Crippen LogP contribution in [0.3, 0.4) is 0 Å². The second kappa shape index (κ2) is 9.83. The molecule has 11 heteroatoms. The number of hydrogen-bond acceptors (Lipinski definition) is 3. The number of anilines is 2. The van der Waals surface area contributed by atoms with Gasteiger partial charge in [0.2, 0.25) is 0 Å². The summed E-state index contributed by atoms with van der Waals surface area (Å²) in [6, 6.07) is 9.73. The zero-order valence-corrected chi connectivity index (χ0v) is 22.9. The summed E-state index contributed by atoms with van der Waals surface area (Å²) in [5.74, 6) is 0.122. The van der Waals surface area contributed by atoms with Crippen molar-refractivity contribution in [1.29, 1.82) is 0 Å². The van der Waals surface area contributed by atoms with Crippen LogP contribution >= 0.6 is 15.9 Å². The van der Waals surface area contributed by atoms with Crippen molar-refractivity contribution in [1.82, 2.24) is 14.7 Å². The Morgan fingerprint density at radius 2 is 1.72 bits per heavy atom. The number of urea groups is 1. The minimum Gasteiger partial charge on any atom is -0.368 e. The van der Waals surface area contributed by atoms with Crippen LogP contribution in [0.4, 0.5) is 33.9 Å².